The summed E-state index contributed by atoms with van der Waals surface area (Å²) in [7, 11) is 0. The fourth-order valence-corrected chi connectivity index (χ4v) is 3.68. The Hall–Kier alpha value is -3.10. The number of rotatable bonds is 6. The van der Waals surface area contributed by atoms with Crippen molar-refractivity contribution in [2.24, 2.45) is 0 Å². The van der Waals surface area contributed by atoms with E-state index in [0.717, 1.165) is 16.6 Å². The molecule has 2 aromatic carbocycles. The van der Waals surface area contributed by atoms with Gasteiger partial charge in [0.15, 0.2) is 16.6 Å². The van der Waals surface area contributed by atoms with Gasteiger partial charge in [0.2, 0.25) is 6.79 Å². The number of benzene rings is 2. The molecule has 30 heavy (non-hydrogen) atoms. The van der Waals surface area contributed by atoms with Gasteiger partial charge in [0.1, 0.15) is 0 Å². The average molecular weight is 426 g/mol. The summed E-state index contributed by atoms with van der Waals surface area (Å²) in [4.78, 5) is 17.5. The van der Waals surface area contributed by atoms with Crippen LogP contribution in [0.1, 0.15) is 17.5 Å². The summed E-state index contributed by atoms with van der Waals surface area (Å²) >= 11 is 5.60. The molecule has 4 rings (SSSR count). The van der Waals surface area contributed by atoms with Gasteiger partial charge in [-0.3, -0.25) is 4.79 Å². The maximum absolute atomic E-state index is 12.7. The molecule has 0 saturated carbocycles. The van der Waals surface area contributed by atoms with Crippen molar-refractivity contribution in [3.63, 3.8) is 0 Å². The lowest BCUT2D eigenvalue weighted by Gasteiger charge is -2.25. The van der Waals surface area contributed by atoms with Crippen molar-refractivity contribution < 1.29 is 14.6 Å². The highest BCUT2D eigenvalue weighted by Crippen LogP contribution is 2.35. The van der Waals surface area contributed by atoms with E-state index >= 15 is 0 Å². The number of hydrogen-bond acceptors (Lipinski definition) is 5. The van der Waals surface area contributed by atoms with Crippen molar-refractivity contribution in [2.45, 2.75) is 19.9 Å². The molecule has 0 bridgehead atoms. The van der Waals surface area contributed by atoms with Gasteiger partial charge in [-0.25, -0.2) is 0 Å². The molecule has 2 heterocycles. The summed E-state index contributed by atoms with van der Waals surface area (Å²) in [5, 5.41) is 13.9. The molecule has 1 aromatic heterocycles. The molecule has 3 aromatic rings. The number of H-pyrrole nitrogens is 1. The molecule has 8 heteroatoms. The number of aliphatic hydroxyl groups excluding tert-OH is 1. The standard InChI is InChI=1S/C22H23N3O4S/c1-14-4-2-5-17(8-14)23-22(30)25(6-3-7-26)12-16-9-15-10-19-20(29-13-28-19)11-18(15)24-21(16)27/h2,4-5,8-11,26H,3,6-7,12-13H2,1H3,(H,23,30)(H,24,27). The van der Waals surface area contributed by atoms with Gasteiger partial charge in [-0.05, 0) is 55.4 Å². The Morgan fingerprint density at radius 1 is 1.23 bits per heavy atom. The third-order valence-corrected chi connectivity index (χ3v) is 5.28. The van der Waals surface area contributed by atoms with E-state index in [0.29, 0.717) is 47.2 Å². The van der Waals surface area contributed by atoms with E-state index in [1.165, 1.54) is 0 Å². The van der Waals surface area contributed by atoms with E-state index in [1.54, 1.807) is 6.07 Å². The summed E-state index contributed by atoms with van der Waals surface area (Å²) in [6, 6.07) is 13.4. The lowest BCUT2D eigenvalue weighted by Crippen LogP contribution is -2.37. The molecule has 0 radical (unpaired) electrons. The van der Waals surface area contributed by atoms with Gasteiger partial charge < -0.3 is 29.8 Å². The lowest BCUT2D eigenvalue weighted by atomic mass is 10.1. The number of anilines is 1. The Morgan fingerprint density at radius 2 is 2.03 bits per heavy atom. The number of ether oxygens (including phenoxy) is 2. The Morgan fingerprint density at radius 3 is 2.80 bits per heavy atom. The molecule has 1 aliphatic rings. The molecular weight excluding hydrogens is 402 g/mol. The van der Waals surface area contributed by atoms with E-state index in [9.17, 15) is 9.90 Å². The van der Waals surface area contributed by atoms with Crippen molar-refractivity contribution in [1.82, 2.24) is 9.88 Å². The van der Waals surface area contributed by atoms with Gasteiger partial charge in [0.25, 0.3) is 5.56 Å². The molecule has 0 spiro atoms. The van der Waals surface area contributed by atoms with Crippen LogP contribution in [0.5, 0.6) is 11.5 Å². The first kappa shape index (κ1) is 20.2. The molecular formula is C22H23N3O4S. The summed E-state index contributed by atoms with van der Waals surface area (Å²) in [5.41, 5.74) is 3.08. The van der Waals surface area contributed by atoms with E-state index in [1.807, 2.05) is 48.2 Å². The van der Waals surface area contributed by atoms with Crippen molar-refractivity contribution in [3.8, 4) is 11.5 Å². The van der Waals surface area contributed by atoms with Crippen molar-refractivity contribution in [2.75, 3.05) is 25.3 Å². The van der Waals surface area contributed by atoms with Crippen LogP contribution in [-0.2, 0) is 6.54 Å². The van der Waals surface area contributed by atoms with Crippen LogP contribution in [0.25, 0.3) is 10.9 Å². The highest BCUT2D eigenvalue weighted by atomic mass is 32.1. The lowest BCUT2D eigenvalue weighted by molar-refractivity contribution is 0.174. The fourth-order valence-electron chi connectivity index (χ4n) is 3.40. The number of aromatic amines is 1. The minimum absolute atomic E-state index is 0.0428. The number of pyridine rings is 1. The molecule has 0 fully saturated rings. The maximum Gasteiger partial charge on any atom is 0.253 e. The van der Waals surface area contributed by atoms with Gasteiger partial charge in [-0.1, -0.05) is 12.1 Å². The quantitative estimate of drug-likeness (QED) is 0.523. The summed E-state index contributed by atoms with van der Waals surface area (Å²) < 4.78 is 10.8. The molecule has 0 saturated heterocycles. The second-order valence-corrected chi connectivity index (χ2v) is 7.60. The molecule has 0 amide bonds. The largest absolute Gasteiger partial charge is 0.454 e. The second-order valence-electron chi connectivity index (χ2n) is 7.21. The van der Waals surface area contributed by atoms with Crippen LogP contribution in [0.15, 0.2) is 47.3 Å². The SMILES string of the molecule is Cc1cccc(NC(=S)N(CCCO)Cc2cc3cc4c(cc3[nH]c2=O)OCO4)c1. The van der Waals surface area contributed by atoms with Crippen LogP contribution in [-0.4, -0.2) is 40.0 Å². The topological polar surface area (TPSA) is 86.8 Å². The fraction of sp³-hybridized carbons (Fsp3) is 0.273. The summed E-state index contributed by atoms with van der Waals surface area (Å²) in [6.45, 7) is 3.07. The zero-order valence-electron chi connectivity index (χ0n) is 16.6. The van der Waals surface area contributed by atoms with Crippen LogP contribution in [0, 0.1) is 6.92 Å². The van der Waals surface area contributed by atoms with E-state index in [-0.39, 0.29) is 19.0 Å². The predicted octanol–water partition coefficient (Wildman–Crippen LogP) is 3.15. The number of nitrogens with one attached hydrogen (secondary N) is 2. The van der Waals surface area contributed by atoms with Crippen LogP contribution in [0.2, 0.25) is 0 Å². The van der Waals surface area contributed by atoms with Crippen molar-refractivity contribution in [1.29, 1.82) is 0 Å². The number of hydrogen-bond donors (Lipinski definition) is 3. The zero-order valence-corrected chi connectivity index (χ0v) is 17.4. The number of aromatic nitrogens is 1. The third-order valence-electron chi connectivity index (χ3n) is 4.92. The zero-order chi connectivity index (χ0) is 21.1. The van der Waals surface area contributed by atoms with E-state index in [4.69, 9.17) is 21.7 Å². The van der Waals surface area contributed by atoms with Crippen molar-refractivity contribution in [3.05, 3.63) is 63.9 Å². The van der Waals surface area contributed by atoms with Crippen molar-refractivity contribution >= 4 is 33.9 Å². The van der Waals surface area contributed by atoms with Crippen LogP contribution < -0.4 is 20.3 Å². The first-order valence-corrected chi connectivity index (χ1v) is 10.1. The molecule has 7 nitrogen and oxygen atoms in total. The molecule has 1 aliphatic heterocycles. The molecule has 0 aliphatic carbocycles. The van der Waals surface area contributed by atoms with Gasteiger partial charge in [0, 0.05) is 35.9 Å². The van der Waals surface area contributed by atoms with Crippen LogP contribution in [0.4, 0.5) is 5.69 Å². The Balaban J connectivity index is 1.59. The van der Waals surface area contributed by atoms with Gasteiger partial charge >= 0.3 is 0 Å². The molecule has 0 unspecified atom stereocenters. The Kier molecular flexibility index (Phi) is 5.87. The van der Waals surface area contributed by atoms with Crippen LogP contribution >= 0.6 is 12.2 Å². The van der Waals surface area contributed by atoms with Gasteiger partial charge in [-0.2, -0.15) is 0 Å². The number of aliphatic hydroxyl groups is 1. The van der Waals surface area contributed by atoms with Gasteiger partial charge in [-0.15, -0.1) is 0 Å². The smallest absolute Gasteiger partial charge is 0.253 e. The van der Waals surface area contributed by atoms with E-state index < -0.39 is 0 Å². The highest BCUT2D eigenvalue weighted by molar-refractivity contribution is 7.80. The Labute approximate surface area is 179 Å². The molecule has 3 N–H and O–H groups in total. The Bertz CT molecular complexity index is 1140. The number of fused-ring (bicyclic) bond motifs is 2. The van der Waals surface area contributed by atoms with E-state index in [2.05, 4.69) is 10.3 Å². The second kappa shape index (κ2) is 8.73. The highest BCUT2D eigenvalue weighted by Gasteiger charge is 2.17. The third kappa shape index (κ3) is 4.39. The van der Waals surface area contributed by atoms with Gasteiger partial charge in [0.05, 0.1) is 12.1 Å². The maximum atomic E-state index is 12.7. The summed E-state index contributed by atoms with van der Waals surface area (Å²) in [6.07, 6.45) is 0.541. The number of aryl methyl sites for hydroxylation is 1. The first-order valence-electron chi connectivity index (χ1n) is 9.72. The number of nitrogens with zero attached hydrogens (tertiary/aromatic N) is 1. The first-order chi connectivity index (χ1) is 14.5. The average Bonchev–Trinajstić information content (AvgIpc) is 3.17. The number of thiocarbonyl (C=S) groups is 1. The predicted molar refractivity (Wildman–Crippen MR) is 120 cm³/mol. The minimum Gasteiger partial charge on any atom is -0.454 e. The molecule has 0 atom stereocenters. The molecule has 156 valence electrons. The van der Waals surface area contributed by atoms with Crippen LogP contribution in [0.3, 0.4) is 0 Å². The minimum atomic E-state index is -0.186. The monoisotopic (exact) mass is 425 g/mol. The summed E-state index contributed by atoms with van der Waals surface area (Å²) in [5.74, 6) is 1.29. The normalized spacial score (nSPS) is 12.2.